The third-order valence-corrected chi connectivity index (χ3v) is 4.80. The lowest BCUT2D eigenvalue weighted by Gasteiger charge is -2.40. The fraction of sp³-hybridized carbons (Fsp3) is 0.650. The Morgan fingerprint density at radius 1 is 1.10 bits per heavy atom. The number of carbonyl (C=O) groups is 5. The van der Waals surface area contributed by atoms with Gasteiger partial charge in [0.15, 0.2) is 0 Å². The maximum atomic E-state index is 12.6. The second-order valence-corrected chi connectivity index (χ2v) is 7.75. The molecule has 30 heavy (non-hydrogen) atoms. The smallest absolute Gasteiger partial charge is 0.320 e. The van der Waals surface area contributed by atoms with E-state index in [1.54, 1.807) is 4.90 Å². The van der Waals surface area contributed by atoms with Crippen LogP contribution in [-0.4, -0.2) is 96.3 Å². The largest absolute Gasteiger partial charge is 0.464 e. The average molecular weight is 423 g/mol. The first kappa shape index (κ1) is 23.5. The molecule has 3 amide bonds. The third kappa shape index (κ3) is 6.94. The zero-order valence-electron chi connectivity index (χ0n) is 17.7. The van der Waals surface area contributed by atoms with E-state index in [4.69, 9.17) is 9.47 Å². The number of hydrogen-bond acceptors (Lipinski definition) is 8. The zero-order valence-corrected chi connectivity index (χ0v) is 17.7. The first-order valence-corrected chi connectivity index (χ1v) is 10.0. The Kier molecular flexibility index (Phi) is 8.52. The van der Waals surface area contributed by atoms with Crippen LogP contribution in [0.4, 0.5) is 0 Å². The van der Waals surface area contributed by atoms with Gasteiger partial charge in [-0.3, -0.25) is 33.8 Å². The molecule has 0 N–H and O–H groups in total. The molecule has 0 bridgehead atoms. The second-order valence-electron chi connectivity index (χ2n) is 7.75. The minimum atomic E-state index is -0.445. The average Bonchev–Trinajstić information content (AvgIpc) is 3.01. The lowest BCUT2D eigenvalue weighted by atomic mass is 10.1. The molecule has 1 saturated heterocycles. The number of esters is 2. The van der Waals surface area contributed by atoms with Crippen LogP contribution in [0.3, 0.4) is 0 Å². The van der Waals surface area contributed by atoms with E-state index in [1.807, 2.05) is 18.7 Å². The summed E-state index contributed by atoms with van der Waals surface area (Å²) in [5, 5.41) is 0. The van der Waals surface area contributed by atoms with E-state index in [1.165, 1.54) is 19.1 Å². The maximum Gasteiger partial charge on any atom is 0.320 e. The first-order chi connectivity index (χ1) is 14.2. The highest BCUT2D eigenvalue weighted by Gasteiger charge is 2.32. The molecule has 2 heterocycles. The van der Waals surface area contributed by atoms with Crippen LogP contribution in [0.2, 0.25) is 0 Å². The summed E-state index contributed by atoms with van der Waals surface area (Å²) >= 11 is 0. The predicted octanol–water partition coefficient (Wildman–Crippen LogP) is -0.423. The van der Waals surface area contributed by atoms with Gasteiger partial charge in [0, 0.05) is 51.7 Å². The van der Waals surface area contributed by atoms with Crippen LogP contribution in [0.15, 0.2) is 12.2 Å². The van der Waals surface area contributed by atoms with Crippen molar-refractivity contribution < 1.29 is 33.4 Å². The minimum absolute atomic E-state index is 0.00980. The molecule has 0 aromatic carbocycles. The molecular formula is C20H29N3O7. The normalized spacial score (nSPS) is 19.5. The lowest BCUT2D eigenvalue weighted by Crippen LogP contribution is -2.57. The molecule has 10 nitrogen and oxygen atoms in total. The monoisotopic (exact) mass is 423 g/mol. The Morgan fingerprint density at radius 2 is 1.77 bits per heavy atom. The third-order valence-electron chi connectivity index (χ3n) is 4.80. The zero-order chi connectivity index (χ0) is 22.3. The molecule has 0 aromatic heterocycles. The Morgan fingerprint density at radius 3 is 2.37 bits per heavy atom. The number of imide groups is 1. The molecule has 1 fully saturated rings. The van der Waals surface area contributed by atoms with Crippen LogP contribution in [0, 0.1) is 5.92 Å². The van der Waals surface area contributed by atoms with Crippen molar-refractivity contribution in [3.05, 3.63) is 12.2 Å². The van der Waals surface area contributed by atoms with Gasteiger partial charge in [0.05, 0.1) is 19.2 Å². The van der Waals surface area contributed by atoms with Crippen molar-refractivity contribution in [2.24, 2.45) is 5.92 Å². The summed E-state index contributed by atoms with van der Waals surface area (Å²) < 4.78 is 10.3. The number of amides is 3. The van der Waals surface area contributed by atoms with Gasteiger partial charge in [-0.2, -0.15) is 0 Å². The van der Waals surface area contributed by atoms with E-state index in [2.05, 4.69) is 0 Å². The number of piperazine rings is 1. The SMILES string of the molecule is CC(=O)OCC1CN(C(=O)CCN2C(=O)C=CC2=O)CCN1CC(=O)OCC(C)C. The van der Waals surface area contributed by atoms with E-state index >= 15 is 0 Å². The number of ether oxygens (including phenoxy) is 2. The van der Waals surface area contributed by atoms with E-state index in [-0.39, 0.29) is 56.5 Å². The Labute approximate surface area is 175 Å². The molecule has 10 heteroatoms. The van der Waals surface area contributed by atoms with Crippen molar-refractivity contribution in [1.29, 1.82) is 0 Å². The number of carbonyl (C=O) groups excluding carboxylic acids is 5. The molecule has 2 aliphatic rings. The molecule has 2 rings (SSSR count). The van der Waals surface area contributed by atoms with Gasteiger partial charge >= 0.3 is 11.9 Å². The van der Waals surface area contributed by atoms with Gasteiger partial charge in [0.1, 0.15) is 6.61 Å². The quantitative estimate of drug-likeness (QED) is 0.363. The van der Waals surface area contributed by atoms with Gasteiger partial charge in [-0.05, 0) is 5.92 Å². The predicted molar refractivity (Wildman–Crippen MR) is 105 cm³/mol. The van der Waals surface area contributed by atoms with Gasteiger partial charge < -0.3 is 14.4 Å². The topological polar surface area (TPSA) is 114 Å². The molecular weight excluding hydrogens is 394 g/mol. The summed E-state index contributed by atoms with van der Waals surface area (Å²) in [5.41, 5.74) is 0. The fourth-order valence-corrected chi connectivity index (χ4v) is 3.19. The van der Waals surface area contributed by atoms with Gasteiger partial charge in [-0.1, -0.05) is 13.8 Å². The Hall–Kier alpha value is -2.75. The number of hydrogen-bond donors (Lipinski definition) is 0. The highest BCUT2D eigenvalue weighted by molar-refractivity contribution is 6.13. The molecule has 0 radical (unpaired) electrons. The van der Waals surface area contributed by atoms with E-state index < -0.39 is 17.8 Å². The highest BCUT2D eigenvalue weighted by Crippen LogP contribution is 2.13. The molecule has 0 aliphatic carbocycles. The summed E-state index contributed by atoms with van der Waals surface area (Å²) in [5.74, 6) is -1.65. The van der Waals surface area contributed by atoms with Crippen LogP contribution in [0.5, 0.6) is 0 Å². The summed E-state index contributed by atoms with van der Waals surface area (Å²) in [6, 6.07) is -0.352. The number of rotatable bonds is 9. The lowest BCUT2D eigenvalue weighted by molar-refractivity contribution is -0.150. The molecule has 166 valence electrons. The van der Waals surface area contributed by atoms with Gasteiger partial charge in [0.25, 0.3) is 11.8 Å². The van der Waals surface area contributed by atoms with Crippen molar-refractivity contribution in [3.63, 3.8) is 0 Å². The van der Waals surface area contributed by atoms with Crippen LogP contribution in [0.25, 0.3) is 0 Å². The fourth-order valence-electron chi connectivity index (χ4n) is 3.19. The molecule has 0 spiro atoms. The maximum absolute atomic E-state index is 12.6. The van der Waals surface area contributed by atoms with Crippen molar-refractivity contribution in [1.82, 2.24) is 14.7 Å². The summed E-state index contributed by atoms with van der Waals surface area (Å²) in [6.07, 6.45) is 2.37. The van der Waals surface area contributed by atoms with Crippen molar-refractivity contribution in [2.45, 2.75) is 33.2 Å². The van der Waals surface area contributed by atoms with Gasteiger partial charge in [-0.25, -0.2) is 0 Å². The first-order valence-electron chi connectivity index (χ1n) is 10.0. The van der Waals surface area contributed by atoms with Crippen molar-refractivity contribution >= 4 is 29.7 Å². The van der Waals surface area contributed by atoms with Crippen LogP contribution < -0.4 is 0 Å². The molecule has 0 saturated carbocycles. The molecule has 1 atom stereocenters. The van der Waals surface area contributed by atoms with Crippen LogP contribution in [-0.2, 0) is 33.4 Å². The molecule has 2 aliphatic heterocycles. The summed E-state index contributed by atoms with van der Waals surface area (Å²) in [4.78, 5) is 63.6. The van der Waals surface area contributed by atoms with Gasteiger partial charge in [0.2, 0.25) is 5.91 Å². The van der Waals surface area contributed by atoms with E-state index in [0.717, 1.165) is 4.90 Å². The Balaban J connectivity index is 1.91. The van der Waals surface area contributed by atoms with E-state index in [9.17, 15) is 24.0 Å². The standard InChI is InChI=1S/C20H29N3O7/c1-14(2)12-30-20(28)11-21-8-9-22(10-16(21)13-29-15(3)24)17(25)6-7-23-18(26)4-5-19(23)27/h4-5,14,16H,6-13H2,1-3H3. The number of nitrogens with zero attached hydrogens (tertiary/aromatic N) is 3. The molecule has 1 unspecified atom stereocenters. The van der Waals surface area contributed by atoms with E-state index in [0.29, 0.717) is 19.7 Å². The minimum Gasteiger partial charge on any atom is -0.464 e. The van der Waals surface area contributed by atoms with Crippen LogP contribution >= 0.6 is 0 Å². The van der Waals surface area contributed by atoms with Crippen molar-refractivity contribution in [2.75, 3.05) is 45.9 Å². The summed E-state index contributed by atoms with van der Waals surface area (Å²) in [7, 11) is 0. The summed E-state index contributed by atoms with van der Waals surface area (Å²) in [6.45, 7) is 6.68. The van der Waals surface area contributed by atoms with Crippen molar-refractivity contribution in [3.8, 4) is 0 Å². The van der Waals surface area contributed by atoms with Gasteiger partial charge in [-0.15, -0.1) is 0 Å². The highest BCUT2D eigenvalue weighted by atomic mass is 16.5. The second kappa shape index (κ2) is 10.9. The molecule has 0 aromatic rings. The Bertz CT molecular complexity index is 701. The van der Waals surface area contributed by atoms with Crippen LogP contribution in [0.1, 0.15) is 27.2 Å².